The lowest BCUT2D eigenvalue weighted by molar-refractivity contribution is 0.521. The fourth-order valence-corrected chi connectivity index (χ4v) is 1.49. The molecule has 0 atom stereocenters. The van der Waals surface area contributed by atoms with Gasteiger partial charge < -0.3 is 9.73 Å². The van der Waals surface area contributed by atoms with Gasteiger partial charge in [0, 0.05) is 25.2 Å². The molecule has 0 fully saturated rings. The second kappa shape index (κ2) is 4.95. The summed E-state index contributed by atoms with van der Waals surface area (Å²) in [4.78, 5) is 13.0. The van der Waals surface area contributed by atoms with Crippen LogP contribution in [0.25, 0.3) is 11.5 Å². The largest absolute Gasteiger partial charge is 0.449 e. The molecule has 0 aliphatic rings. The summed E-state index contributed by atoms with van der Waals surface area (Å²) in [5.74, 6) is 2.05. The van der Waals surface area contributed by atoms with Gasteiger partial charge in [-0.15, -0.1) is 0 Å². The molecule has 0 radical (unpaired) electrons. The van der Waals surface area contributed by atoms with Crippen LogP contribution < -0.4 is 5.32 Å². The number of rotatable bonds is 4. The lowest BCUT2D eigenvalue weighted by Gasteiger charge is -2.05. The molecular weight excluding hydrogens is 216 g/mol. The molecule has 0 saturated heterocycles. The molecule has 2 aromatic heterocycles. The van der Waals surface area contributed by atoms with E-state index in [-0.39, 0.29) is 0 Å². The molecule has 90 valence electrons. The van der Waals surface area contributed by atoms with Crippen LogP contribution in [0, 0.1) is 13.8 Å². The number of nitrogens with zero attached hydrogens (tertiary/aromatic N) is 3. The standard InChI is InChI=1S/C12H16N4O/c1-4-5-13-11-6-8(2)14-12(16-11)10-7-17-9(3)15-10/h6-7H,4-5H2,1-3H3,(H,13,14,16). The van der Waals surface area contributed by atoms with Gasteiger partial charge in [0.1, 0.15) is 17.8 Å². The third kappa shape index (κ3) is 2.81. The van der Waals surface area contributed by atoms with E-state index in [2.05, 4.69) is 27.2 Å². The Bertz CT molecular complexity index is 507. The van der Waals surface area contributed by atoms with Gasteiger partial charge in [-0.25, -0.2) is 15.0 Å². The zero-order chi connectivity index (χ0) is 12.3. The summed E-state index contributed by atoms with van der Waals surface area (Å²) in [6.45, 7) is 6.75. The van der Waals surface area contributed by atoms with E-state index < -0.39 is 0 Å². The summed E-state index contributed by atoms with van der Waals surface area (Å²) < 4.78 is 5.17. The highest BCUT2D eigenvalue weighted by molar-refractivity contribution is 5.51. The van der Waals surface area contributed by atoms with Gasteiger partial charge in [0.25, 0.3) is 0 Å². The van der Waals surface area contributed by atoms with Gasteiger partial charge >= 0.3 is 0 Å². The first kappa shape index (κ1) is 11.6. The van der Waals surface area contributed by atoms with Crippen molar-refractivity contribution in [1.29, 1.82) is 0 Å². The third-order valence-corrected chi connectivity index (χ3v) is 2.26. The maximum absolute atomic E-state index is 5.17. The molecule has 17 heavy (non-hydrogen) atoms. The normalized spacial score (nSPS) is 10.5. The summed E-state index contributed by atoms with van der Waals surface area (Å²) in [7, 11) is 0. The number of nitrogens with one attached hydrogen (secondary N) is 1. The molecule has 0 amide bonds. The summed E-state index contributed by atoms with van der Waals surface area (Å²) >= 11 is 0. The molecule has 5 heteroatoms. The molecule has 0 bridgehead atoms. The summed E-state index contributed by atoms with van der Waals surface area (Å²) in [6.07, 6.45) is 2.63. The molecule has 1 N–H and O–H groups in total. The zero-order valence-electron chi connectivity index (χ0n) is 10.3. The SMILES string of the molecule is CCCNc1cc(C)nc(-c2coc(C)n2)n1. The first-order valence-corrected chi connectivity index (χ1v) is 5.71. The van der Waals surface area contributed by atoms with Gasteiger partial charge in [-0.3, -0.25) is 0 Å². The van der Waals surface area contributed by atoms with Crippen LogP contribution in [0.1, 0.15) is 24.9 Å². The predicted octanol–water partition coefficient (Wildman–Crippen LogP) is 2.57. The molecule has 5 nitrogen and oxygen atoms in total. The van der Waals surface area contributed by atoms with Crippen LogP contribution >= 0.6 is 0 Å². The van der Waals surface area contributed by atoms with Crippen molar-refractivity contribution < 1.29 is 4.42 Å². The lowest BCUT2D eigenvalue weighted by Crippen LogP contribution is -2.04. The van der Waals surface area contributed by atoms with Crippen molar-refractivity contribution in [3.63, 3.8) is 0 Å². The Kier molecular flexibility index (Phi) is 3.37. The topological polar surface area (TPSA) is 63.8 Å². The van der Waals surface area contributed by atoms with Crippen LogP contribution in [-0.4, -0.2) is 21.5 Å². The number of anilines is 1. The van der Waals surface area contributed by atoms with Crippen LogP contribution in [0.5, 0.6) is 0 Å². The van der Waals surface area contributed by atoms with Crippen molar-refractivity contribution >= 4 is 5.82 Å². The Morgan fingerprint density at radius 2 is 2.06 bits per heavy atom. The number of hydrogen-bond donors (Lipinski definition) is 1. The van der Waals surface area contributed by atoms with Crippen LogP contribution in [0.3, 0.4) is 0 Å². The van der Waals surface area contributed by atoms with E-state index in [1.165, 1.54) is 0 Å². The minimum Gasteiger partial charge on any atom is -0.449 e. The van der Waals surface area contributed by atoms with E-state index in [0.717, 1.165) is 24.5 Å². The molecule has 0 aromatic carbocycles. The molecule has 0 unspecified atom stereocenters. The third-order valence-electron chi connectivity index (χ3n) is 2.26. The van der Waals surface area contributed by atoms with Crippen LogP contribution in [0.15, 0.2) is 16.7 Å². The number of aromatic nitrogens is 3. The second-order valence-electron chi connectivity index (χ2n) is 3.90. The van der Waals surface area contributed by atoms with Crippen LogP contribution in [-0.2, 0) is 0 Å². The maximum atomic E-state index is 5.17. The molecule has 2 rings (SSSR count). The monoisotopic (exact) mass is 232 g/mol. The first-order chi connectivity index (χ1) is 8.19. The van der Waals surface area contributed by atoms with Crippen molar-refractivity contribution in [1.82, 2.24) is 15.0 Å². The van der Waals surface area contributed by atoms with Crippen molar-refractivity contribution in [2.45, 2.75) is 27.2 Å². The Labute approximate surface area is 100 Å². The molecule has 0 aliphatic heterocycles. The second-order valence-corrected chi connectivity index (χ2v) is 3.90. The Morgan fingerprint density at radius 3 is 2.71 bits per heavy atom. The van der Waals surface area contributed by atoms with E-state index in [1.807, 2.05) is 13.0 Å². The van der Waals surface area contributed by atoms with Gasteiger partial charge in [-0.1, -0.05) is 6.92 Å². The molecule has 0 spiro atoms. The van der Waals surface area contributed by atoms with Crippen molar-refractivity contribution in [2.75, 3.05) is 11.9 Å². The van der Waals surface area contributed by atoms with Gasteiger partial charge in [-0.05, 0) is 13.3 Å². The van der Waals surface area contributed by atoms with E-state index in [1.54, 1.807) is 13.2 Å². The molecule has 0 saturated carbocycles. The van der Waals surface area contributed by atoms with Gasteiger partial charge in [0.15, 0.2) is 11.7 Å². The number of hydrogen-bond acceptors (Lipinski definition) is 5. The maximum Gasteiger partial charge on any atom is 0.191 e. The Balaban J connectivity index is 2.31. The van der Waals surface area contributed by atoms with E-state index >= 15 is 0 Å². The van der Waals surface area contributed by atoms with Gasteiger partial charge in [0.2, 0.25) is 0 Å². The summed E-state index contributed by atoms with van der Waals surface area (Å²) in [6, 6.07) is 1.92. The summed E-state index contributed by atoms with van der Waals surface area (Å²) in [5, 5.41) is 3.24. The smallest absolute Gasteiger partial charge is 0.191 e. The van der Waals surface area contributed by atoms with Crippen molar-refractivity contribution in [2.24, 2.45) is 0 Å². The predicted molar refractivity (Wildman–Crippen MR) is 65.8 cm³/mol. The average Bonchev–Trinajstić information content (AvgIpc) is 2.72. The van der Waals surface area contributed by atoms with Crippen molar-refractivity contribution in [3.05, 3.63) is 23.9 Å². The van der Waals surface area contributed by atoms with Crippen LogP contribution in [0.2, 0.25) is 0 Å². The highest BCUT2D eigenvalue weighted by Gasteiger charge is 2.08. The fourth-order valence-electron chi connectivity index (χ4n) is 1.49. The van der Waals surface area contributed by atoms with Crippen LogP contribution in [0.4, 0.5) is 5.82 Å². The molecule has 2 heterocycles. The lowest BCUT2D eigenvalue weighted by atomic mass is 10.3. The van der Waals surface area contributed by atoms with Gasteiger partial charge in [-0.2, -0.15) is 0 Å². The van der Waals surface area contributed by atoms with E-state index in [4.69, 9.17) is 4.42 Å². The molecule has 2 aromatic rings. The number of aryl methyl sites for hydroxylation is 2. The zero-order valence-corrected chi connectivity index (χ0v) is 10.3. The molecule has 0 aliphatic carbocycles. The Hall–Kier alpha value is -1.91. The highest BCUT2D eigenvalue weighted by atomic mass is 16.3. The summed E-state index contributed by atoms with van der Waals surface area (Å²) in [5.41, 5.74) is 1.58. The quantitative estimate of drug-likeness (QED) is 0.877. The fraction of sp³-hybridized carbons (Fsp3) is 0.417. The van der Waals surface area contributed by atoms with Gasteiger partial charge in [0.05, 0.1) is 0 Å². The number of oxazole rings is 1. The Morgan fingerprint density at radius 1 is 1.24 bits per heavy atom. The van der Waals surface area contributed by atoms with E-state index in [9.17, 15) is 0 Å². The van der Waals surface area contributed by atoms with Crippen molar-refractivity contribution in [3.8, 4) is 11.5 Å². The average molecular weight is 232 g/mol. The highest BCUT2D eigenvalue weighted by Crippen LogP contribution is 2.17. The first-order valence-electron chi connectivity index (χ1n) is 5.71. The van der Waals surface area contributed by atoms with E-state index in [0.29, 0.717) is 17.4 Å². The minimum atomic E-state index is 0.598. The minimum absolute atomic E-state index is 0.598. The molecular formula is C12H16N4O.